The summed E-state index contributed by atoms with van der Waals surface area (Å²) in [5.74, 6) is 0.213. The van der Waals surface area contributed by atoms with E-state index in [2.05, 4.69) is 9.97 Å². The Morgan fingerprint density at radius 2 is 1.26 bits per heavy atom. The topological polar surface area (TPSA) is 342 Å². The number of nitrogens with zero attached hydrogens (tertiary/aromatic N) is 2. The van der Waals surface area contributed by atoms with Crippen molar-refractivity contribution in [3.63, 3.8) is 0 Å². The van der Waals surface area contributed by atoms with Gasteiger partial charge in [0.1, 0.15) is 5.82 Å². The summed E-state index contributed by atoms with van der Waals surface area (Å²) < 4.78 is 34.0. The van der Waals surface area contributed by atoms with Gasteiger partial charge in [0.25, 0.3) is 0 Å². The minimum atomic E-state index is -4.94. The standard InChI is InChI=1S/C4H5N3O.ClHO4.5H3N.Ru/c5-3-1-2-6-4(8)7-3;2-1(3,4)5;;;;;;/h1-2H,(H3,5,6,7,8);(H,2,3,4,5);5*1H3;/q;;;;;;;+8/p-2. The fourth-order valence-electron chi connectivity index (χ4n) is 0.354. The molecule has 1 aromatic rings. The average molecular weight is 396 g/mol. The molecule has 0 aliphatic carbocycles. The van der Waals surface area contributed by atoms with Gasteiger partial charge in [-0.2, -0.15) is 0 Å². The zero-order valence-electron chi connectivity index (χ0n) is 9.93. The van der Waals surface area contributed by atoms with Crippen molar-refractivity contribution >= 4 is 5.82 Å². The van der Waals surface area contributed by atoms with Gasteiger partial charge in [-0.15, -0.1) is 10.2 Å². The molecule has 19 heavy (non-hydrogen) atoms. The zero-order chi connectivity index (χ0) is 10.5. The fraction of sp³-hybridized carbons (Fsp3) is 0. The van der Waals surface area contributed by atoms with Crippen molar-refractivity contribution in [1.82, 2.24) is 40.7 Å². The maximum Gasteiger partial charge on any atom is 8.00 e. The molecule has 0 aromatic carbocycles. The zero-order valence-corrected chi connectivity index (χ0v) is 12.4. The van der Waals surface area contributed by atoms with E-state index >= 15 is 0 Å². The Morgan fingerprint density at radius 1 is 0.947 bits per heavy atom. The van der Waals surface area contributed by atoms with Gasteiger partial charge in [0, 0.05) is 6.20 Å². The smallest absolute Gasteiger partial charge is 0.844 e. The Hall–Kier alpha value is -0.767. The number of rotatable bonds is 0. The van der Waals surface area contributed by atoms with Crippen LogP contribution in [0.5, 0.6) is 6.01 Å². The summed E-state index contributed by atoms with van der Waals surface area (Å²) >= 11 is 0. The van der Waals surface area contributed by atoms with Crippen LogP contribution >= 0.6 is 0 Å². The largest absolute Gasteiger partial charge is 8.00 e. The van der Waals surface area contributed by atoms with E-state index in [9.17, 15) is 5.11 Å². The van der Waals surface area contributed by atoms with Gasteiger partial charge in [0.2, 0.25) is 0 Å². The molecule has 0 aliphatic rings. The summed E-state index contributed by atoms with van der Waals surface area (Å²) in [6.45, 7) is 0. The van der Waals surface area contributed by atoms with Gasteiger partial charge in [-0.25, -0.2) is 23.6 Å². The van der Waals surface area contributed by atoms with E-state index in [0.29, 0.717) is 0 Å². The Labute approximate surface area is 124 Å². The maximum absolute atomic E-state index is 10.2. The van der Waals surface area contributed by atoms with Crippen molar-refractivity contribution in [2.24, 2.45) is 0 Å². The van der Waals surface area contributed by atoms with E-state index in [0.717, 1.165) is 0 Å². The van der Waals surface area contributed by atoms with E-state index in [1.165, 1.54) is 12.3 Å². The Kier molecular flexibility index (Phi) is 44.2. The molecule has 0 unspecified atom stereocenters. The molecule has 0 radical (unpaired) electrons. The Balaban J connectivity index is -0.0000000243. The predicted octanol–water partition coefficient (Wildman–Crippen LogP) is -4.82. The number of hydrogen-bond donors (Lipinski definition) is 6. The normalized spacial score (nSPS) is 6.95. The molecule has 0 atom stereocenters. The van der Waals surface area contributed by atoms with Crippen molar-refractivity contribution in [3.8, 4) is 6.01 Å². The van der Waals surface area contributed by atoms with Crippen LogP contribution in [0.25, 0.3) is 0 Å². The molecule has 0 aliphatic heterocycles. The molecule has 0 saturated heterocycles. The molecule has 114 valence electrons. The van der Waals surface area contributed by atoms with Crippen LogP contribution in [-0.4, -0.2) is 9.97 Å². The van der Waals surface area contributed by atoms with Crippen molar-refractivity contribution < 1.29 is 53.5 Å². The summed E-state index contributed by atoms with van der Waals surface area (Å²) in [5, 5.41) is 10.2. The molecular formula is C4H19ClN8O5Ru+6. The third kappa shape index (κ3) is 46.9. The van der Waals surface area contributed by atoms with Crippen LogP contribution in [0.3, 0.4) is 0 Å². The minimum absolute atomic E-state index is 0. The van der Waals surface area contributed by atoms with Crippen LogP contribution < -0.4 is 60.2 Å². The first kappa shape index (κ1) is 42.9. The molecule has 1 aromatic heterocycles. The van der Waals surface area contributed by atoms with E-state index < -0.39 is 16.3 Å². The fourth-order valence-corrected chi connectivity index (χ4v) is 0.354. The van der Waals surface area contributed by atoms with Crippen molar-refractivity contribution in [2.45, 2.75) is 0 Å². The summed E-state index contributed by atoms with van der Waals surface area (Å²) in [5.41, 5.74) is 5.11. The maximum atomic E-state index is 10.2. The molecular weight excluding hydrogens is 377 g/mol. The molecule has 0 fully saturated rings. The third-order valence-corrected chi connectivity index (χ3v) is 0.655. The van der Waals surface area contributed by atoms with Crippen LogP contribution in [0, 0.1) is 10.2 Å². The molecule has 0 spiro atoms. The van der Waals surface area contributed by atoms with E-state index in [4.69, 9.17) is 24.4 Å². The molecule has 1 heterocycles. The van der Waals surface area contributed by atoms with Crippen molar-refractivity contribution in [3.05, 3.63) is 12.3 Å². The Morgan fingerprint density at radius 3 is 1.42 bits per heavy atom. The van der Waals surface area contributed by atoms with Gasteiger partial charge in [0.05, 0.1) is 6.01 Å². The number of aromatic nitrogens is 2. The van der Waals surface area contributed by atoms with Gasteiger partial charge in [-0.05, 0) is 6.07 Å². The van der Waals surface area contributed by atoms with Gasteiger partial charge in [-0.3, -0.25) is 4.98 Å². The van der Waals surface area contributed by atoms with Crippen molar-refractivity contribution in [1.29, 1.82) is 0 Å². The third-order valence-electron chi connectivity index (χ3n) is 0.655. The van der Waals surface area contributed by atoms with E-state index in [-0.39, 0.29) is 56.0 Å². The number of nitrogens with two attached hydrogens (primary N) is 1. The first-order chi connectivity index (χ1) is 5.79. The van der Waals surface area contributed by atoms with Gasteiger partial charge < -0.3 is 41.6 Å². The summed E-state index contributed by atoms with van der Waals surface area (Å²) in [6.07, 6.45) is 1.32. The monoisotopic (exact) mass is 396 g/mol. The molecule has 0 saturated carbocycles. The summed E-state index contributed by atoms with van der Waals surface area (Å²) in [7, 11) is -4.94. The number of halogens is 1. The van der Waals surface area contributed by atoms with Gasteiger partial charge in [0.15, 0.2) is 0 Å². The van der Waals surface area contributed by atoms with Gasteiger partial charge >= 0.3 is 19.5 Å². The van der Waals surface area contributed by atoms with Crippen LogP contribution in [0.15, 0.2) is 12.3 Å². The number of hydrogen-bond acceptors (Lipinski definition) is 13. The quantitative estimate of drug-likeness (QED) is 0.224. The first-order valence-electron chi connectivity index (χ1n) is 2.66. The molecule has 0 amide bonds. The molecule has 17 N–H and O–H groups in total. The van der Waals surface area contributed by atoms with Crippen LogP contribution in [0.1, 0.15) is 0 Å². The summed E-state index contributed by atoms with van der Waals surface area (Å²) in [6, 6.07) is 0.923. The molecule has 13 nitrogen and oxygen atoms in total. The average Bonchev–Trinajstić information content (AvgIpc) is 1.81. The van der Waals surface area contributed by atoms with Crippen molar-refractivity contribution in [2.75, 3.05) is 5.73 Å². The SMILES string of the molecule is N.N.N.N.N.Nc1ccnc([O-])n1.[O-][Cl+3]([O-])([O-])[O-].[Ru+8]. The van der Waals surface area contributed by atoms with E-state index in [1.54, 1.807) is 0 Å². The second kappa shape index (κ2) is 19.6. The molecule has 1 rings (SSSR count). The van der Waals surface area contributed by atoms with Crippen LogP contribution in [-0.2, 0) is 19.5 Å². The number of nitrogen functional groups attached to an aromatic ring is 1. The Bertz CT molecular complexity index is 254. The second-order valence-corrected chi connectivity index (χ2v) is 2.40. The second-order valence-electron chi connectivity index (χ2n) is 1.64. The number of anilines is 1. The van der Waals surface area contributed by atoms with Gasteiger partial charge in [-0.1, -0.05) is 0 Å². The molecule has 0 bridgehead atoms. The molecule has 15 heteroatoms. The predicted molar refractivity (Wildman–Crippen MR) is 51.0 cm³/mol. The first-order valence-corrected chi connectivity index (χ1v) is 3.90. The van der Waals surface area contributed by atoms with Crippen LogP contribution in [0.4, 0.5) is 5.82 Å². The van der Waals surface area contributed by atoms with E-state index in [1.807, 2.05) is 0 Å². The summed E-state index contributed by atoms with van der Waals surface area (Å²) in [4.78, 5) is 6.58. The minimum Gasteiger partial charge on any atom is -0.844 e. The van der Waals surface area contributed by atoms with Crippen LogP contribution in [0.2, 0.25) is 0 Å².